The second-order valence-corrected chi connectivity index (χ2v) is 6.54. The quantitative estimate of drug-likeness (QED) is 0.617. The largest absolute Gasteiger partial charge is 0.355 e. The molecule has 0 aliphatic heterocycles. The van der Waals surface area contributed by atoms with Crippen LogP contribution >= 0.6 is 0 Å². The van der Waals surface area contributed by atoms with Gasteiger partial charge in [0.2, 0.25) is 5.91 Å². The fraction of sp³-hybridized carbons (Fsp3) is 0.900. The Morgan fingerprint density at radius 1 is 1.31 bits per heavy atom. The molecule has 0 heterocycles. The number of carbonyl (C=O) groups is 1. The zero-order valence-electron chi connectivity index (χ0n) is 9.66. The molecule has 2 N–H and O–H groups in total. The third-order valence-electron chi connectivity index (χ3n) is 2.54. The summed E-state index contributed by atoms with van der Waals surface area (Å²) in [6, 6.07) is 0.605. The van der Waals surface area contributed by atoms with Crippen LogP contribution in [0.15, 0.2) is 0 Å². The molecule has 1 saturated carbocycles. The molecule has 16 heavy (non-hydrogen) atoms. The van der Waals surface area contributed by atoms with E-state index in [1.165, 1.54) is 12.8 Å². The van der Waals surface area contributed by atoms with Crippen LogP contribution in [0.5, 0.6) is 0 Å². The number of amides is 1. The molecule has 0 radical (unpaired) electrons. The van der Waals surface area contributed by atoms with Gasteiger partial charge in [-0.05, 0) is 12.8 Å². The molecule has 94 valence electrons. The van der Waals surface area contributed by atoms with E-state index >= 15 is 0 Å². The molecule has 0 unspecified atom stereocenters. The van der Waals surface area contributed by atoms with E-state index in [1.807, 2.05) is 0 Å². The van der Waals surface area contributed by atoms with E-state index in [9.17, 15) is 13.2 Å². The van der Waals surface area contributed by atoms with Crippen LogP contribution in [0.4, 0.5) is 0 Å². The second kappa shape index (κ2) is 6.20. The molecule has 0 aromatic heterocycles. The monoisotopic (exact) mass is 248 g/mol. The zero-order valence-corrected chi connectivity index (χ0v) is 10.5. The van der Waals surface area contributed by atoms with Gasteiger partial charge in [-0.1, -0.05) is 6.92 Å². The van der Waals surface area contributed by atoms with Crippen molar-refractivity contribution in [1.29, 1.82) is 0 Å². The minimum absolute atomic E-state index is 0.0330. The summed E-state index contributed by atoms with van der Waals surface area (Å²) in [4.78, 5) is 11.3. The van der Waals surface area contributed by atoms with E-state index in [1.54, 1.807) is 6.92 Å². The molecule has 0 atom stereocenters. The fourth-order valence-electron chi connectivity index (χ4n) is 1.26. The molecule has 5 nitrogen and oxygen atoms in total. The SMILES string of the molecule is CCS(=O)(=O)CCNC(=O)CCNC1CC1. The van der Waals surface area contributed by atoms with E-state index in [0.717, 1.165) is 0 Å². The molecule has 0 bridgehead atoms. The first-order valence-electron chi connectivity index (χ1n) is 5.74. The highest BCUT2D eigenvalue weighted by Crippen LogP contribution is 2.18. The molecule has 6 heteroatoms. The summed E-state index contributed by atoms with van der Waals surface area (Å²) in [5.74, 6) is 0.0802. The fourth-order valence-corrected chi connectivity index (χ4v) is 1.96. The first-order chi connectivity index (χ1) is 7.53. The predicted octanol–water partition coefficient (Wildman–Crippen LogP) is -0.321. The van der Waals surface area contributed by atoms with Crippen molar-refractivity contribution in [3.63, 3.8) is 0 Å². The maximum atomic E-state index is 11.3. The number of hydrogen-bond acceptors (Lipinski definition) is 4. The van der Waals surface area contributed by atoms with Crippen LogP contribution < -0.4 is 10.6 Å². The van der Waals surface area contributed by atoms with Crippen LogP contribution in [0, 0.1) is 0 Å². The molecule has 1 fully saturated rings. The van der Waals surface area contributed by atoms with Crippen molar-refractivity contribution in [2.75, 3.05) is 24.6 Å². The van der Waals surface area contributed by atoms with Crippen molar-refractivity contribution in [2.24, 2.45) is 0 Å². The maximum Gasteiger partial charge on any atom is 0.221 e. The Kier molecular flexibility index (Phi) is 5.21. The molecule has 0 aromatic rings. The highest BCUT2D eigenvalue weighted by atomic mass is 32.2. The number of nitrogens with one attached hydrogen (secondary N) is 2. The summed E-state index contributed by atoms with van der Waals surface area (Å²) in [7, 11) is -2.97. The smallest absolute Gasteiger partial charge is 0.221 e. The van der Waals surface area contributed by atoms with Gasteiger partial charge in [0.05, 0.1) is 5.75 Å². The molecule has 0 spiro atoms. The van der Waals surface area contributed by atoms with Crippen LogP contribution in [0.25, 0.3) is 0 Å². The Bertz CT molecular complexity index is 323. The first kappa shape index (κ1) is 13.4. The molecule has 1 amide bonds. The van der Waals surface area contributed by atoms with E-state index in [0.29, 0.717) is 19.0 Å². The van der Waals surface area contributed by atoms with E-state index in [2.05, 4.69) is 10.6 Å². The van der Waals surface area contributed by atoms with E-state index in [-0.39, 0.29) is 24.0 Å². The first-order valence-corrected chi connectivity index (χ1v) is 7.56. The van der Waals surface area contributed by atoms with Crippen molar-refractivity contribution in [3.8, 4) is 0 Å². The van der Waals surface area contributed by atoms with Gasteiger partial charge in [-0.2, -0.15) is 0 Å². The van der Waals surface area contributed by atoms with Gasteiger partial charge in [0.15, 0.2) is 9.84 Å². The Balaban J connectivity index is 2.00. The summed E-state index contributed by atoms with van der Waals surface area (Å²) in [5.41, 5.74) is 0. The van der Waals surface area contributed by atoms with E-state index in [4.69, 9.17) is 0 Å². The zero-order chi connectivity index (χ0) is 12.0. The summed E-state index contributed by atoms with van der Waals surface area (Å²) in [6.45, 7) is 2.51. The van der Waals surface area contributed by atoms with Crippen molar-refractivity contribution in [3.05, 3.63) is 0 Å². The van der Waals surface area contributed by atoms with Gasteiger partial charge in [-0.25, -0.2) is 8.42 Å². The number of hydrogen-bond donors (Lipinski definition) is 2. The van der Waals surface area contributed by atoms with Crippen LogP contribution in [0.1, 0.15) is 26.2 Å². The lowest BCUT2D eigenvalue weighted by Crippen LogP contribution is -2.32. The lowest BCUT2D eigenvalue weighted by Gasteiger charge is -2.05. The Labute approximate surface area is 96.9 Å². The third kappa shape index (κ3) is 6.07. The highest BCUT2D eigenvalue weighted by molar-refractivity contribution is 7.91. The lowest BCUT2D eigenvalue weighted by molar-refractivity contribution is -0.120. The standard InChI is InChI=1S/C10H20N2O3S/c1-2-16(14,15)8-7-12-10(13)5-6-11-9-3-4-9/h9,11H,2-8H2,1H3,(H,12,13). The number of rotatable bonds is 8. The number of carbonyl (C=O) groups excluding carboxylic acids is 1. The molecule has 1 aliphatic carbocycles. The van der Waals surface area contributed by atoms with E-state index < -0.39 is 9.84 Å². The Morgan fingerprint density at radius 2 is 2.00 bits per heavy atom. The normalized spacial score (nSPS) is 16.1. The molecule has 0 saturated heterocycles. The average molecular weight is 248 g/mol. The van der Waals surface area contributed by atoms with Crippen molar-refractivity contribution < 1.29 is 13.2 Å². The van der Waals surface area contributed by atoms with Crippen molar-refractivity contribution in [2.45, 2.75) is 32.2 Å². The Morgan fingerprint density at radius 3 is 2.56 bits per heavy atom. The van der Waals surface area contributed by atoms with Crippen molar-refractivity contribution in [1.82, 2.24) is 10.6 Å². The van der Waals surface area contributed by atoms with Crippen LogP contribution in [-0.2, 0) is 14.6 Å². The van der Waals surface area contributed by atoms with Crippen LogP contribution in [-0.4, -0.2) is 45.0 Å². The lowest BCUT2D eigenvalue weighted by atomic mass is 10.4. The van der Waals surface area contributed by atoms with Crippen LogP contribution in [0.3, 0.4) is 0 Å². The minimum atomic E-state index is -2.97. The van der Waals surface area contributed by atoms with Gasteiger partial charge in [0.25, 0.3) is 0 Å². The molecular weight excluding hydrogens is 228 g/mol. The predicted molar refractivity (Wildman–Crippen MR) is 63.0 cm³/mol. The third-order valence-corrected chi connectivity index (χ3v) is 4.24. The highest BCUT2D eigenvalue weighted by Gasteiger charge is 2.20. The topological polar surface area (TPSA) is 75.3 Å². The Hall–Kier alpha value is -0.620. The summed E-state index contributed by atoms with van der Waals surface area (Å²) in [5, 5.41) is 5.84. The van der Waals surface area contributed by atoms with Gasteiger partial charge in [0, 0.05) is 31.3 Å². The maximum absolute atomic E-state index is 11.3. The summed E-state index contributed by atoms with van der Waals surface area (Å²) in [6.07, 6.45) is 2.83. The molecule has 0 aromatic carbocycles. The molecule has 1 aliphatic rings. The van der Waals surface area contributed by atoms with Gasteiger partial charge in [-0.15, -0.1) is 0 Å². The van der Waals surface area contributed by atoms with Gasteiger partial charge >= 0.3 is 0 Å². The van der Waals surface area contributed by atoms with Crippen molar-refractivity contribution >= 4 is 15.7 Å². The average Bonchev–Trinajstić information content (AvgIpc) is 3.01. The number of sulfone groups is 1. The molecular formula is C10H20N2O3S. The summed E-state index contributed by atoms with van der Waals surface area (Å²) < 4.78 is 22.3. The van der Waals surface area contributed by atoms with Crippen LogP contribution in [0.2, 0.25) is 0 Å². The summed E-state index contributed by atoms with van der Waals surface area (Å²) >= 11 is 0. The minimum Gasteiger partial charge on any atom is -0.355 e. The van der Waals surface area contributed by atoms with Gasteiger partial charge in [0.1, 0.15) is 0 Å². The molecule has 1 rings (SSSR count). The van der Waals surface area contributed by atoms with Gasteiger partial charge < -0.3 is 10.6 Å². The van der Waals surface area contributed by atoms with Gasteiger partial charge in [-0.3, -0.25) is 4.79 Å². The second-order valence-electron chi connectivity index (χ2n) is 4.06.